The van der Waals surface area contributed by atoms with E-state index in [1.165, 1.54) is 28.9 Å². The second-order valence-corrected chi connectivity index (χ2v) is 5.78. The van der Waals surface area contributed by atoms with Crippen molar-refractivity contribution in [2.75, 3.05) is 12.8 Å². The van der Waals surface area contributed by atoms with Crippen molar-refractivity contribution < 1.29 is 0 Å². The van der Waals surface area contributed by atoms with Crippen LogP contribution in [0.3, 0.4) is 0 Å². The highest BCUT2D eigenvalue weighted by Gasteiger charge is 2.22. The number of guanidine groups is 1. The third-order valence-corrected chi connectivity index (χ3v) is 3.93. The van der Waals surface area contributed by atoms with Crippen molar-refractivity contribution in [3.63, 3.8) is 0 Å². The highest BCUT2D eigenvalue weighted by Crippen LogP contribution is 2.22. The highest BCUT2D eigenvalue weighted by molar-refractivity contribution is 14.0. The molecule has 0 aliphatic heterocycles. The maximum absolute atomic E-state index is 4.68. The Labute approximate surface area is 143 Å². The lowest BCUT2D eigenvalue weighted by atomic mass is 10.1. The van der Waals surface area contributed by atoms with E-state index in [2.05, 4.69) is 53.9 Å². The topological polar surface area (TPSA) is 36.4 Å². The number of benzene rings is 1. The zero-order valence-corrected chi connectivity index (χ0v) is 15.5. The van der Waals surface area contributed by atoms with Gasteiger partial charge in [0.2, 0.25) is 0 Å². The van der Waals surface area contributed by atoms with Crippen LogP contribution in [0, 0.1) is 6.92 Å². The summed E-state index contributed by atoms with van der Waals surface area (Å²) >= 11 is 1.79. The van der Waals surface area contributed by atoms with Gasteiger partial charge < -0.3 is 10.6 Å². The first-order chi connectivity index (χ1) is 9.22. The Kier molecular flexibility index (Phi) is 7.72. The van der Waals surface area contributed by atoms with Crippen molar-refractivity contribution in [3.05, 3.63) is 29.3 Å². The van der Waals surface area contributed by atoms with Crippen LogP contribution in [0.1, 0.15) is 30.9 Å². The summed E-state index contributed by atoms with van der Waals surface area (Å²) in [6.45, 7) is 5.87. The first kappa shape index (κ1) is 17.6. The number of rotatable bonds is 5. The van der Waals surface area contributed by atoms with Gasteiger partial charge in [0, 0.05) is 17.5 Å². The minimum absolute atomic E-state index is 0. The monoisotopic (exact) mass is 405 g/mol. The van der Waals surface area contributed by atoms with E-state index >= 15 is 0 Å². The second kappa shape index (κ2) is 8.77. The summed E-state index contributed by atoms with van der Waals surface area (Å²) in [7, 11) is 0. The van der Waals surface area contributed by atoms with Crippen LogP contribution in [0.5, 0.6) is 0 Å². The number of nitrogens with one attached hydrogen (secondary N) is 2. The first-order valence-electron chi connectivity index (χ1n) is 6.91. The van der Waals surface area contributed by atoms with Crippen molar-refractivity contribution >= 4 is 41.7 Å². The molecular formula is C15H24IN3S. The quantitative estimate of drug-likeness (QED) is 0.341. The number of nitrogens with zero attached hydrogens (tertiary/aromatic N) is 1. The Morgan fingerprint density at radius 3 is 2.75 bits per heavy atom. The summed E-state index contributed by atoms with van der Waals surface area (Å²) in [5, 5.41) is 6.75. The van der Waals surface area contributed by atoms with Crippen LogP contribution < -0.4 is 10.6 Å². The molecule has 0 spiro atoms. The summed E-state index contributed by atoms with van der Waals surface area (Å²) < 4.78 is 0. The van der Waals surface area contributed by atoms with Crippen LogP contribution in [-0.2, 0) is 6.54 Å². The predicted molar refractivity (Wildman–Crippen MR) is 99.3 cm³/mol. The molecule has 20 heavy (non-hydrogen) atoms. The van der Waals surface area contributed by atoms with Gasteiger partial charge in [0.05, 0.1) is 6.54 Å². The largest absolute Gasteiger partial charge is 0.357 e. The van der Waals surface area contributed by atoms with Crippen molar-refractivity contribution in [3.8, 4) is 0 Å². The lowest BCUT2D eigenvalue weighted by Crippen LogP contribution is -2.38. The van der Waals surface area contributed by atoms with Crippen molar-refractivity contribution in [2.24, 2.45) is 4.99 Å². The van der Waals surface area contributed by atoms with Crippen molar-refractivity contribution in [1.82, 2.24) is 10.6 Å². The molecule has 2 rings (SSSR count). The summed E-state index contributed by atoms with van der Waals surface area (Å²) in [5.74, 6) is 0.942. The highest BCUT2D eigenvalue weighted by atomic mass is 127. The van der Waals surface area contributed by atoms with E-state index < -0.39 is 0 Å². The molecule has 3 nitrogen and oxygen atoms in total. The molecule has 2 N–H and O–H groups in total. The molecule has 1 saturated carbocycles. The van der Waals surface area contributed by atoms with Gasteiger partial charge in [-0.15, -0.1) is 35.7 Å². The smallest absolute Gasteiger partial charge is 0.191 e. The summed E-state index contributed by atoms with van der Waals surface area (Å²) in [4.78, 5) is 6.01. The van der Waals surface area contributed by atoms with Crippen LogP contribution >= 0.6 is 35.7 Å². The molecular weight excluding hydrogens is 381 g/mol. The number of hydrogen-bond acceptors (Lipinski definition) is 2. The lowest BCUT2D eigenvalue weighted by Gasteiger charge is -2.11. The molecule has 0 atom stereocenters. The van der Waals surface area contributed by atoms with Gasteiger partial charge >= 0.3 is 0 Å². The number of thioether (sulfide) groups is 1. The third-order valence-electron chi connectivity index (χ3n) is 3.11. The number of aryl methyl sites for hydroxylation is 1. The molecule has 0 heterocycles. The zero-order chi connectivity index (χ0) is 13.7. The van der Waals surface area contributed by atoms with E-state index in [1.54, 1.807) is 11.8 Å². The fourth-order valence-electron chi connectivity index (χ4n) is 1.89. The van der Waals surface area contributed by atoms with Gasteiger partial charge in [-0.1, -0.05) is 12.1 Å². The van der Waals surface area contributed by atoms with E-state index in [4.69, 9.17) is 0 Å². The van der Waals surface area contributed by atoms with Gasteiger partial charge in [0.25, 0.3) is 0 Å². The molecule has 1 fully saturated rings. The van der Waals surface area contributed by atoms with Crippen LogP contribution in [0.2, 0.25) is 0 Å². The van der Waals surface area contributed by atoms with E-state index in [1.807, 2.05) is 0 Å². The summed E-state index contributed by atoms with van der Waals surface area (Å²) in [6.07, 6.45) is 4.66. The standard InChI is InChI=1S/C15H23N3S.HI/c1-4-16-15(18-13-7-8-13)17-10-12-6-5-11(2)9-14(12)19-3;/h5-6,9,13H,4,7-8,10H2,1-3H3,(H2,16,17,18);1H. The molecule has 1 aromatic carbocycles. The lowest BCUT2D eigenvalue weighted by molar-refractivity contribution is 0.810. The average Bonchev–Trinajstić information content (AvgIpc) is 3.21. The van der Waals surface area contributed by atoms with Crippen LogP contribution in [0.25, 0.3) is 0 Å². The molecule has 112 valence electrons. The van der Waals surface area contributed by atoms with E-state index in [0.717, 1.165) is 19.0 Å². The molecule has 0 unspecified atom stereocenters. The predicted octanol–water partition coefficient (Wildman–Crippen LogP) is 3.55. The Bertz CT molecular complexity index is 458. The van der Waals surface area contributed by atoms with Crippen molar-refractivity contribution in [1.29, 1.82) is 0 Å². The molecule has 1 aliphatic carbocycles. The maximum Gasteiger partial charge on any atom is 0.191 e. The van der Waals surface area contributed by atoms with Gasteiger partial charge in [-0.05, 0) is 50.1 Å². The Morgan fingerprint density at radius 1 is 1.40 bits per heavy atom. The Balaban J connectivity index is 0.00000200. The molecule has 0 aromatic heterocycles. The Morgan fingerprint density at radius 2 is 2.15 bits per heavy atom. The van der Waals surface area contributed by atoms with Crippen molar-refractivity contribution in [2.45, 2.75) is 44.2 Å². The SMILES string of the molecule is CCNC(=NCc1ccc(C)cc1SC)NC1CC1.I. The van der Waals surface area contributed by atoms with Gasteiger partial charge in [-0.3, -0.25) is 0 Å². The number of halogens is 1. The average molecular weight is 405 g/mol. The summed E-state index contributed by atoms with van der Waals surface area (Å²) in [6, 6.07) is 7.21. The molecule has 1 aromatic rings. The number of aliphatic imine (C=N–C) groups is 1. The van der Waals surface area contributed by atoms with Crippen LogP contribution in [-0.4, -0.2) is 24.8 Å². The molecule has 5 heteroatoms. The second-order valence-electron chi connectivity index (χ2n) is 4.93. The van der Waals surface area contributed by atoms with Gasteiger partial charge in [-0.2, -0.15) is 0 Å². The summed E-state index contributed by atoms with van der Waals surface area (Å²) in [5.41, 5.74) is 2.60. The van der Waals surface area contributed by atoms with E-state index in [-0.39, 0.29) is 24.0 Å². The van der Waals surface area contributed by atoms with Gasteiger partial charge in [-0.25, -0.2) is 4.99 Å². The molecule has 1 aliphatic rings. The fourth-order valence-corrected chi connectivity index (χ4v) is 2.59. The molecule has 0 radical (unpaired) electrons. The maximum atomic E-state index is 4.68. The Hall–Kier alpha value is -0.430. The van der Waals surface area contributed by atoms with E-state index in [0.29, 0.717) is 6.04 Å². The van der Waals surface area contributed by atoms with E-state index in [9.17, 15) is 0 Å². The zero-order valence-electron chi connectivity index (χ0n) is 12.4. The van der Waals surface area contributed by atoms with Gasteiger partial charge in [0.15, 0.2) is 5.96 Å². The van der Waals surface area contributed by atoms with Crippen LogP contribution in [0.4, 0.5) is 0 Å². The van der Waals surface area contributed by atoms with Gasteiger partial charge in [0.1, 0.15) is 0 Å². The molecule has 0 saturated heterocycles. The van der Waals surface area contributed by atoms with Crippen LogP contribution in [0.15, 0.2) is 28.1 Å². The first-order valence-corrected chi connectivity index (χ1v) is 8.13. The minimum atomic E-state index is 0. The normalized spacial score (nSPS) is 14.7. The third kappa shape index (κ3) is 5.52. The number of hydrogen-bond donors (Lipinski definition) is 2. The molecule has 0 bridgehead atoms. The minimum Gasteiger partial charge on any atom is -0.357 e. The molecule has 0 amide bonds. The fraction of sp³-hybridized carbons (Fsp3) is 0.533.